The van der Waals surface area contributed by atoms with E-state index in [4.69, 9.17) is 4.74 Å². The minimum absolute atomic E-state index is 0.636. The van der Waals surface area contributed by atoms with Gasteiger partial charge in [-0.2, -0.15) is 0 Å². The Labute approximate surface area is 91.1 Å². The summed E-state index contributed by atoms with van der Waals surface area (Å²) in [6, 6.07) is 0. The lowest BCUT2D eigenvalue weighted by atomic mass is 10.1. The summed E-state index contributed by atoms with van der Waals surface area (Å²) in [7, 11) is 1.62. The minimum Gasteiger partial charge on any atom is -0.481 e. The number of nitrogens with one attached hydrogen (secondary N) is 1. The predicted octanol–water partition coefficient (Wildman–Crippen LogP) is 2.25. The molecule has 84 valence electrons. The Balaban J connectivity index is 2.68. The third-order valence-corrected chi connectivity index (χ3v) is 2.55. The van der Waals surface area contributed by atoms with Gasteiger partial charge in [-0.1, -0.05) is 20.3 Å². The van der Waals surface area contributed by atoms with Gasteiger partial charge in [0.05, 0.1) is 12.7 Å². The molecule has 0 fully saturated rings. The first kappa shape index (κ1) is 11.8. The summed E-state index contributed by atoms with van der Waals surface area (Å²) in [5.74, 6) is 2.14. The highest BCUT2D eigenvalue weighted by molar-refractivity contribution is 5.47. The third-order valence-electron chi connectivity index (χ3n) is 2.55. The van der Waals surface area contributed by atoms with E-state index in [1.165, 1.54) is 6.33 Å². The molecule has 4 nitrogen and oxygen atoms in total. The number of nitrogens with zero attached hydrogens (tertiary/aromatic N) is 2. The van der Waals surface area contributed by atoms with E-state index in [0.29, 0.717) is 11.8 Å². The lowest BCUT2D eigenvalue weighted by Crippen LogP contribution is -2.12. The lowest BCUT2D eigenvalue weighted by Gasteiger charge is -2.13. The molecule has 15 heavy (non-hydrogen) atoms. The maximum atomic E-state index is 5.13. The molecule has 0 spiro atoms. The van der Waals surface area contributed by atoms with Crippen LogP contribution >= 0.6 is 0 Å². The first-order valence-corrected chi connectivity index (χ1v) is 5.28. The van der Waals surface area contributed by atoms with Gasteiger partial charge in [0.25, 0.3) is 0 Å². The van der Waals surface area contributed by atoms with Gasteiger partial charge in [-0.3, -0.25) is 0 Å². The summed E-state index contributed by atoms with van der Waals surface area (Å²) in [6.07, 6.45) is 2.68. The van der Waals surface area contributed by atoms with Crippen LogP contribution in [0.25, 0.3) is 0 Å². The van der Waals surface area contributed by atoms with Crippen molar-refractivity contribution in [2.24, 2.45) is 5.92 Å². The molecule has 4 heteroatoms. The molecule has 0 aliphatic rings. The van der Waals surface area contributed by atoms with Crippen LogP contribution in [0.1, 0.15) is 25.8 Å². The molecule has 0 aliphatic heterocycles. The number of rotatable bonds is 5. The van der Waals surface area contributed by atoms with Crippen LogP contribution in [-0.2, 0) is 0 Å². The second-order valence-corrected chi connectivity index (χ2v) is 3.75. The van der Waals surface area contributed by atoms with Gasteiger partial charge >= 0.3 is 0 Å². The summed E-state index contributed by atoms with van der Waals surface area (Å²) < 4.78 is 5.13. The fourth-order valence-electron chi connectivity index (χ4n) is 1.23. The van der Waals surface area contributed by atoms with E-state index in [-0.39, 0.29) is 0 Å². The average Bonchev–Trinajstić information content (AvgIpc) is 2.27. The number of methoxy groups -OCH3 is 1. The molecule has 0 aromatic carbocycles. The van der Waals surface area contributed by atoms with Gasteiger partial charge in [0.15, 0.2) is 0 Å². The van der Waals surface area contributed by atoms with Crippen LogP contribution < -0.4 is 10.1 Å². The van der Waals surface area contributed by atoms with E-state index >= 15 is 0 Å². The van der Waals surface area contributed by atoms with Crippen LogP contribution in [0.15, 0.2) is 6.33 Å². The van der Waals surface area contributed by atoms with E-state index < -0.39 is 0 Å². The fraction of sp³-hybridized carbons (Fsp3) is 0.636. The zero-order valence-electron chi connectivity index (χ0n) is 9.87. The molecule has 1 rings (SSSR count). The van der Waals surface area contributed by atoms with Gasteiger partial charge < -0.3 is 10.1 Å². The van der Waals surface area contributed by atoms with Crippen molar-refractivity contribution in [2.75, 3.05) is 19.0 Å². The normalized spacial score (nSPS) is 12.3. The van der Waals surface area contributed by atoms with Crippen molar-refractivity contribution in [3.8, 4) is 5.88 Å². The van der Waals surface area contributed by atoms with Crippen LogP contribution in [-0.4, -0.2) is 23.6 Å². The van der Waals surface area contributed by atoms with Crippen molar-refractivity contribution in [3.05, 3.63) is 11.9 Å². The second-order valence-electron chi connectivity index (χ2n) is 3.75. The van der Waals surface area contributed by atoms with Crippen LogP contribution in [0.4, 0.5) is 5.82 Å². The smallest absolute Gasteiger partial charge is 0.221 e. The fourth-order valence-corrected chi connectivity index (χ4v) is 1.23. The van der Waals surface area contributed by atoms with Crippen molar-refractivity contribution >= 4 is 5.82 Å². The Morgan fingerprint density at radius 3 is 2.80 bits per heavy atom. The minimum atomic E-state index is 0.636. The van der Waals surface area contributed by atoms with Crippen molar-refractivity contribution < 1.29 is 4.74 Å². The molecule has 0 amide bonds. The summed E-state index contributed by atoms with van der Waals surface area (Å²) in [6.45, 7) is 7.27. The molecule has 0 aliphatic carbocycles. The molecule has 0 saturated carbocycles. The Hall–Kier alpha value is -1.32. The molecular formula is C11H19N3O. The zero-order chi connectivity index (χ0) is 11.3. The Morgan fingerprint density at radius 1 is 1.47 bits per heavy atom. The molecule has 1 N–H and O–H groups in total. The largest absolute Gasteiger partial charge is 0.481 e. The average molecular weight is 209 g/mol. The van der Waals surface area contributed by atoms with Crippen molar-refractivity contribution in [3.63, 3.8) is 0 Å². The summed E-state index contributed by atoms with van der Waals surface area (Å²) >= 11 is 0. The van der Waals surface area contributed by atoms with Crippen molar-refractivity contribution in [2.45, 2.75) is 27.2 Å². The first-order valence-electron chi connectivity index (χ1n) is 5.28. The lowest BCUT2D eigenvalue weighted by molar-refractivity contribution is 0.393. The highest BCUT2D eigenvalue weighted by atomic mass is 16.5. The van der Waals surface area contributed by atoms with Gasteiger partial charge in [-0.05, 0) is 12.8 Å². The van der Waals surface area contributed by atoms with Crippen LogP contribution in [0.5, 0.6) is 5.88 Å². The van der Waals surface area contributed by atoms with Crippen LogP contribution in [0.2, 0.25) is 0 Å². The Kier molecular flexibility index (Phi) is 4.34. The molecule has 0 bridgehead atoms. The molecular weight excluding hydrogens is 190 g/mol. The molecule has 1 atom stereocenters. The molecule has 0 radical (unpaired) electrons. The molecule has 0 saturated heterocycles. The zero-order valence-corrected chi connectivity index (χ0v) is 9.87. The predicted molar refractivity (Wildman–Crippen MR) is 61.3 cm³/mol. The quantitative estimate of drug-likeness (QED) is 0.808. The Bertz CT molecular complexity index is 315. The van der Waals surface area contributed by atoms with Crippen LogP contribution in [0, 0.1) is 12.8 Å². The van der Waals surface area contributed by atoms with Gasteiger partial charge in [0.1, 0.15) is 12.1 Å². The molecule has 1 aromatic rings. The van der Waals surface area contributed by atoms with E-state index in [2.05, 4.69) is 29.1 Å². The second kappa shape index (κ2) is 5.53. The van der Waals surface area contributed by atoms with Gasteiger partial charge in [0.2, 0.25) is 5.88 Å². The summed E-state index contributed by atoms with van der Waals surface area (Å²) in [5, 5.41) is 3.31. The maximum Gasteiger partial charge on any atom is 0.221 e. The maximum absolute atomic E-state index is 5.13. The monoisotopic (exact) mass is 209 g/mol. The Morgan fingerprint density at radius 2 is 2.20 bits per heavy atom. The standard InChI is InChI=1S/C11H19N3O/c1-5-8(2)6-12-10-9(3)11(15-4)14-7-13-10/h7-8H,5-6H2,1-4H3,(H,12,13,14). The number of hydrogen-bond donors (Lipinski definition) is 1. The SMILES string of the molecule is CCC(C)CNc1ncnc(OC)c1C. The highest BCUT2D eigenvalue weighted by Crippen LogP contribution is 2.19. The van der Waals surface area contributed by atoms with E-state index in [0.717, 1.165) is 24.3 Å². The van der Waals surface area contributed by atoms with Crippen molar-refractivity contribution in [1.29, 1.82) is 0 Å². The highest BCUT2D eigenvalue weighted by Gasteiger charge is 2.07. The number of anilines is 1. The molecule has 1 unspecified atom stereocenters. The number of ether oxygens (including phenoxy) is 1. The van der Waals surface area contributed by atoms with Crippen LogP contribution in [0.3, 0.4) is 0 Å². The van der Waals surface area contributed by atoms with Gasteiger partial charge in [-0.15, -0.1) is 0 Å². The van der Waals surface area contributed by atoms with Gasteiger partial charge in [-0.25, -0.2) is 9.97 Å². The van der Waals surface area contributed by atoms with E-state index in [1.54, 1.807) is 7.11 Å². The van der Waals surface area contributed by atoms with E-state index in [9.17, 15) is 0 Å². The third kappa shape index (κ3) is 3.08. The first-order chi connectivity index (χ1) is 7.19. The topological polar surface area (TPSA) is 47.0 Å². The summed E-state index contributed by atoms with van der Waals surface area (Å²) in [4.78, 5) is 8.22. The van der Waals surface area contributed by atoms with Crippen molar-refractivity contribution in [1.82, 2.24) is 9.97 Å². The van der Waals surface area contributed by atoms with Gasteiger partial charge in [0, 0.05) is 6.54 Å². The number of hydrogen-bond acceptors (Lipinski definition) is 4. The number of aromatic nitrogens is 2. The van der Waals surface area contributed by atoms with E-state index in [1.807, 2.05) is 6.92 Å². The molecule has 1 aromatic heterocycles. The molecule has 1 heterocycles. The summed E-state index contributed by atoms with van der Waals surface area (Å²) in [5.41, 5.74) is 0.961.